The first kappa shape index (κ1) is 19.1. The van der Waals surface area contributed by atoms with Crippen LogP contribution >= 0.6 is 11.6 Å². The van der Waals surface area contributed by atoms with Gasteiger partial charge in [-0.3, -0.25) is 4.99 Å². The summed E-state index contributed by atoms with van der Waals surface area (Å²) in [6, 6.07) is 18.8. The van der Waals surface area contributed by atoms with E-state index in [9.17, 15) is 8.42 Å². The van der Waals surface area contributed by atoms with Crippen LogP contribution in [0.5, 0.6) is 5.75 Å². The molecule has 27 heavy (non-hydrogen) atoms. The van der Waals surface area contributed by atoms with Crippen molar-refractivity contribution in [3.05, 3.63) is 88.4 Å². The number of aliphatic imine (C=N–C) groups is 1. The highest BCUT2D eigenvalue weighted by Gasteiger charge is 2.16. The van der Waals surface area contributed by atoms with E-state index in [4.69, 9.17) is 15.8 Å². The van der Waals surface area contributed by atoms with Gasteiger partial charge in [0.05, 0.1) is 5.69 Å². The highest BCUT2D eigenvalue weighted by atomic mass is 35.5. The molecular formula is C21H18ClNO3S. The largest absolute Gasteiger partial charge is 0.379 e. The van der Waals surface area contributed by atoms with Crippen molar-refractivity contribution in [2.75, 3.05) is 0 Å². The van der Waals surface area contributed by atoms with Crippen molar-refractivity contribution in [2.24, 2.45) is 4.99 Å². The minimum Gasteiger partial charge on any atom is -0.379 e. The molecule has 0 fully saturated rings. The Kier molecular flexibility index (Phi) is 5.63. The highest BCUT2D eigenvalue weighted by molar-refractivity contribution is 7.87. The Labute approximate surface area is 164 Å². The molecule has 138 valence electrons. The van der Waals surface area contributed by atoms with Gasteiger partial charge >= 0.3 is 10.1 Å². The molecule has 3 aromatic rings. The average Bonchev–Trinajstić information content (AvgIpc) is 2.63. The second-order valence-corrected chi connectivity index (χ2v) is 8.07. The summed E-state index contributed by atoms with van der Waals surface area (Å²) in [6.07, 6.45) is 1.63. The van der Waals surface area contributed by atoms with E-state index in [2.05, 4.69) is 4.99 Å². The van der Waals surface area contributed by atoms with Gasteiger partial charge in [0.2, 0.25) is 0 Å². The summed E-state index contributed by atoms with van der Waals surface area (Å²) in [4.78, 5) is 4.48. The maximum atomic E-state index is 12.4. The van der Waals surface area contributed by atoms with Gasteiger partial charge in [-0.2, -0.15) is 8.42 Å². The van der Waals surface area contributed by atoms with Crippen molar-refractivity contribution < 1.29 is 12.6 Å². The lowest BCUT2D eigenvalue weighted by molar-refractivity contribution is 0.486. The number of hydrogen-bond acceptors (Lipinski definition) is 4. The van der Waals surface area contributed by atoms with E-state index in [0.717, 1.165) is 11.1 Å². The second kappa shape index (κ2) is 7.94. The molecule has 0 heterocycles. The van der Waals surface area contributed by atoms with Gasteiger partial charge in [0.1, 0.15) is 10.6 Å². The van der Waals surface area contributed by atoms with E-state index in [-0.39, 0.29) is 10.6 Å². The van der Waals surface area contributed by atoms with Gasteiger partial charge in [0.15, 0.2) is 0 Å². The SMILES string of the molecule is Cc1ccc(S(=O)(=O)Oc2cccc(C=Nc3ccc(C)c(Cl)c3)c2)cc1. The molecule has 0 N–H and O–H groups in total. The molecule has 0 unspecified atom stereocenters. The lowest BCUT2D eigenvalue weighted by atomic mass is 10.2. The van der Waals surface area contributed by atoms with Crippen molar-refractivity contribution in [3.63, 3.8) is 0 Å². The smallest absolute Gasteiger partial charge is 0.339 e. The Morgan fingerprint density at radius 1 is 0.963 bits per heavy atom. The summed E-state index contributed by atoms with van der Waals surface area (Å²) in [5.74, 6) is 0.224. The number of rotatable bonds is 5. The first-order valence-electron chi connectivity index (χ1n) is 8.25. The molecule has 0 bridgehead atoms. The van der Waals surface area contributed by atoms with Crippen LogP contribution in [0.3, 0.4) is 0 Å². The highest BCUT2D eigenvalue weighted by Crippen LogP contribution is 2.23. The van der Waals surface area contributed by atoms with Crippen LogP contribution < -0.4 is 4.18 Å². The van der Waals surface area contributed by atoms with Crippen LogP contribution in [0.2, 0.25) is 5.02 Å². The van der Waals surface area contributed by atoms with Gasteiger partial charge < -0.3 is 4.18 Å². The van der Waals surface area contributed by atoms with Crippen molar-refractivity contribution in [1.29, 1.82) is 0 Å². The van der Waals surface area contributed by atoms with Gasteiger partial charge in [-0.15, -0.1) is 0 Å². The molecule has 0 radical (unpaired) electrons. The molecule has 0 aliphatic carbocycles. The molecule has 0 saturated heterocycles. The fourth-order valence-corrected chi connectivity index (χ4v) is 3.44. The van der Waals surface area contributed by atoms with Crippen LogP contribution in [0.25, 0.3) is 0 Å². The quantitative estimate of drug-likeness (QED) is 0.422. The molecule has 0 aliphatic rings. The molecule has 0 amide bonds. The van der Waals surface area contributed by atoms with E-state index in [1.807, 2.05) is 32.0 Å². The first-order chi connectivity index (χ1) is 12.8. The normalized spacial score (nSPS) is 11.7. The van der Waals surface area contributed by atoms with Crippen molar-refractivity contribution in [2.45, 2.75) is 18.7 Å². The van der Waals surface area contributed by atoms with Gasteiger partial charge in [0, 0.05) is 11.2 Å². The molecular weight excluding hydrogens is 382 g/mol. The Bertz CT molecular complexity index is 1090. The zero-order valence-electron chi connectivity index (χ0n) is 14.9. The van der Waals surface area contributed by atoms with Gasteiger partial charge in [-0.1, -0.05) is 47.5 Å². The zero-order valence-corrected chi connectivity index (χ0v) is 16.5. The summed E-state index contributed by atoms with van der Waals surface area (Å²) in [6.45, 7) is 3.81. The van der Waals surface area contributed by atoms with E-state index in [1.165, 1.54) is 12.1 Å². The van der Waals surface area contributed by atoms with E-state index in [0.29, 0.717) is 16.3 Å². The minimum absolute atomic E-state index is 0.112. The third-order valence-corrected chi connectivity index (χ3v) is 5.56. The summed E-state index contributed by atoms with van der Waals surface area (Å²) in [5.41, 5.74) is 3.38. The predicted octanol–water partition coefficient (Wildman–Crippen LogP) is 5.48. The first-order valence-corrected chi connectivity index (χ1v) is 10.0. The number of aryl methyl sites for hydroxylation is 2. The van der Waals surface area contributed by atoms with E-state index in [1.54, 1.807) is 42.6 Å². The Morgan fingerprint density at radius 3 is 2.41 bits per heavy atom. The monoisotopic (exact) mass is 399 g/mol. The molecule has 0 aliphatic heterocycles. The fourth-order valence-electron chi connectivity index (χ4n) is 2.34. The summed E-state index contributed by atoms with van der Waals surface area (Å²) < 4.78 is 30.0. The standard InChI is InChI=1S/C21H18ClNO3S/c1-15-6-10-20(11-7-15)27(24,25)26-19-5-3-4-17(12-19)14-23-18-9-8-16(2)21(22)13-18/h3-14H,1-2H3. The maximum Gasteiger partial charge on any atom is 0.339 e. The van der Waals surface area contributed by atoms with Crippen LogP contribution in [-0.2, 0) is 10.1 Å². The van der Waals surface area contributed by atoms with Crippen LogP contribution in [0.1, 0.15) is 16.7 Å². The number of hydrogen-bond donors (Lipinski definition) is 0. The van der Waals surface area contributed by atoms with Gasteiger partial charge in [-0.05, 0) is 61.4 Å². The molecule has 3 aromatic carbocycles. The molecule has 0 saturated carbocycles. The van der Waals surface area contributed by atoms with Crippen LogP contribution in [0.4, 0.5) is 5.69 Å². The minimum atomic E-state index is -3.89. The summed E-state index contributed by atoms with van der Waals surface area (Å²) in [5, 5.41) is 0.644. The second-order valence-electron chi connectivity index (χ2n) is 6.11. The van der Waals surface area contributed by atoms with Crippen molar-refractivity contribution in [1.82, 2.24) is 0 Å². The van der Waals surface area contributed by atoms with E-state index < -0.39 is 10.1 Å². The van der Waals surface area contributed by atoms with Crippen LogP contribution in [0, 0.1) is 13.8 Å². The molecule has 0 aromatic heterocycles. The third kappa shape index (κ3) is 4.96. The lowest BCUT2D eigenvalue weighted by Crippen LogP contribution is -2.09. The van der Waals surface area contributed by atoms with Gasteiger partial charge in [0.25, 0.3) is 0 Å². The molecule has 0 spiro atoms. The molecule has 6 heteroatoms. The molecule has 0 atom stereocenters. The third-order valence-electron chi connectivity index (χ3n) is 3.89. The van der Waals surface area contributed by atoms with Crippen molar-refractivity contribution in [3.8, 4) is 5.75 Å². The van der Waals surface area contributed by atoms with Crippen LogP contribution in [-0.4, -0.2) is 14.6 Å². The number of nitrogens with zero attached hydrogens (tertiary/aromatic N) is 1. The average molecular weight is 400 g/mol. The van der Waals surface area contributed by atoms with E-state index >= 15 is 0 Å². The Hall–Kier alpha value is -2.63. The summed E-state index contributed by atoms with van der Waals surface area (Å²) in [7, 11) is -3.89. The number of halogens is 1. The predicted molar refractivity (Wildman–Crippen MR) is 109 cm³/mol. The van der Waals surface area contributed by atoms with Gasteiger partial charge in [-0.25, -0.2) is 0 Å². The Morgan fingerprint density at radius 2 is 1.70 bits per heavy atom. The molecule has 4 nitrogen and oxygen atoms in total. The molecule has 3 rings (SSSR count). The number of benzene rings is 3. The fraction of sp³-hybridized carbons (Fsp3) is 0.0952. The topological polar surface area (TPSA) is 55.7 Å². The summed E-state index contributed by atoms with van der Waals surface area (Å²) >= 11 is 6.10. The van der Waals surface area contributed by atoms with Crippen LogP contribution in [0.15, 0.2) is 76.6 Å². The van der Waals surface area contributed by atoms with Crippen molar-refractivity contribution >= 4 is 33.6 Å². The Balaban J connectivity index is 1.80. The lowest BCUT2D eigenvalue weighted by Gasteiger charge is -2.08. The maximum absolute atomic E-state index is 12.4. The zero-order chi connectivity index (χ0) is 19.4.